The second kappa shape index (κ2) is 51.1. The van der Waals surface area contributed by atoms with Gasteiger partial charge in [-0.2, -0.15) is 79.0 Å². The Kier molecular flexibility index (Phi) is 42.8. The van der Waals surface area contributed by atoms with E-state index >= 15 is 0 Å². The van der Waals surface area contributed by atoms with Gasteiger partial charge >= 0.3 is 48.3 Å². The minimum absolute atomic E-state index is 0.0340. The van der Waals surface area contributed by atoms with Crippen LogP contribution in [0, 0.1) is 67.1 Å². The summed E-state index contributed by atoms with van der Waals surface area (Å²) in [6, 6.07) is 42.6. The van der Waals surface area contributed by atoms with Gasteiger partial charge in [0.25, 0.3) is 0 Å². The van der Waals surface area contributed by atoms with Crippen LogP contribution in [0.1, 0.15) is 193 Å². The predicted octanol–water partition coefficient (Wildman–Crippen LogP) is 29.0. The van der Waals surface area contributed by atoms with Gasteiger partial charge < -0.3 is 58.2 Å². The first-order chi connectivity index (χ1) is 62.9. The largest absolute Gasteiger partial charge is 0.508 e. The molecule has 35 heteroatoms. The number of aromatic hydroxyl groups is 2. The molecular formula is C98H124Br3F18NO11S2. The third-order valence-electron chi connectivity index (χ3n) is 27.2. The molecule has 4 saturated carbocycles. The summed E-state index contributed by atoms with van der Waals surface area (Å²) in [4.78, 5) is 0. The SMILES string of the molecule is BrCCBr.C1CCC(OCCNC2CCSSC2)OC1.C[C@]12CC[C@@H]3c4ccc(OCCOc5ccc(O)cc5)cc4CC[C@H]3[C@@H]1CC[C@@H]2CCCCOC(C(F)(F)F)(C(F)(F)F)C(F)(F)F.Cc1ccc(O)cc1.Cc1ccc(OCCBr)cc1.Cc1ccc(OCCOc2ccc3c(c2)CC[C@@H]2[C@@H]3CC[C@]3(C)[C@@H](CCCCOC(C(F)(F)F)(C(F)(F)F)C(F)(F)F)CC[C@@H]23)cc1. The second-order valence-corrected chi connectivity index (χ2v) is 40.7. The van der Waals surface area contributed by atoms with E-state index in [2.05, 4.69) is 108 Å². The number of unbranched alkanes of at least 4 members (excludes halogenated alkanes) is 2. The average Bonchev–Trinajstić information content (AvgIpc) is 1.43. The van der Waals surface area contributed by atoms with E-state index in [0.29, 0.717) is 92.3 Å². The van der Waals surface area contributed by atoms with Gasteiger partial charge in [-0.15, -0.1) is 0 Å². The normalized spacial score (nSPS) is 24.0. The van der Waals surface area contributed by atoms with Crippen LogP contribution in [-0.2, 0) is 31.8 Å². The van der Waals surface area contributed by atoms with Crippen LogP contribution in [0.4, 0.5) is 79.0 Å². The Labute approximate surface area is 802 Å². The number of hydrogen-bond acceptors (Lipinski definition) is 14. The summed E-state index contributed by atoms with van der Waals surface area (Å²) in [5, 5.41) is 24.7. The molecule has 6 fully saturated rings. The van der Waals surface area contributed by atoms with E-state index in [1.54, 1.807) is 36.4 Å². The quantitative estimate of drug-likeness (QED) is 0.0165. The van der Waals surface area contributed by atoms with Gasteiger partial charge in [0.15, 0.2) is 6.29 Å². The van der Waals surface area contributed by atoms with Crippen molar-refractivity contribution in [2.24, 2.45) is 46.3 Å². The van der Waals surface area contributed by atoms with Gasteiger partial charge in [0.1, 0.15) is 66.7 Å². The molecular weight excluding hydrogens is 2010 g/mol. The molecule has 2 saturated heterocycles. The van der Waals surface area contributed by atoms with Crippen molar-refractivity contribution in [2.45, 2.75) is 248 Å². The molecule has 133 heavy (non-hydrogen) atoms. The molecule has 12 atom stereocenters. The number of hydrogen-bond donors (Lipinski definition) is 3. The summed E-state index contributed by atoms with van der Waals surface area (Å²) in [6.07, 6.45) is -23.3. The molecule has 8 aliphatic rings. The zero-order chi connectivity index (χ0) is 97.1. The number of phenols is 2. The topological polar surface area (TPSA) is 136 Å². The van der Waals surface area contributed by atoms with Crippen molar-refractivity contribution >= 4 is 69.4 Å². The fourth-order valence-corrected chi connectivity index (χ4v) is 23.1. The van der Waals surface area contributed by atoms with Crippen LogP contribution in [0.5, 0.6) is 40.2 Å². The highest BCUT2D eigenvalue weighted by Crippen LogP contribution is 2.67. The Hall–Kier alpha value is -5.40. The monoisotopic (exact) mass is 2130 g/mol. The summed E-state index contributed by atoms with van der Waals surface area (Å²) >= 11 is 9.70. The van der Waals surface area contributed by atoms with Gasteiger partial charge in [-0.25, -0.2) is 0 Å². The molecule has 14 rings (SSSR count). The van der Waals surface area contributed by atoms with Crippen molar-refractivity contribution in [1.29, 1.82) is 0 Å². The van der Waals surface area contributed by atoms with Crippen LogP contribution in [0.3, 0.4) is 0 Å². The maximum atomic E-state index is 13.2. The molecule has 2 aliphatic heterocycles. The van der Waals surface area contributed by atoms with Gasteiger partial charge in [-0.1, -0.05) is 161 Å². The number of aryl methyl sites for hydroxylation is 5. The average molecular weight is 2140 g/mol. The predicted molar refractivity (Wildman–Crippen MR) is 494 cm³/mol. The smallest absolute Gasteiger partial charge is 0.435 e. The number of phenolic OH excluding ortho intramolecular Hbond substituents is 2. The zero-order valence-electron chi connectivity index (χ0n) is 75.5. The van der Waals surface area contributed by atoms with Gasteiger partial charge in [0.2, 0.25) is 0 Å². The summed E-state index contributed by atoms with van der Waals surface area (Å²) in [5.41, 5.74) is -3.69. The Bertz CT molecular complexity index is 4070. The Morgan fingerprint density at radius 3 is 1.14 bits per heavy atom. The van der Waals surface area contributed by atoms with E-state index in [9.17, 15) is 84.1 Å². The number of benzene rings is 6. The first kappa shape index (κ1) is 111. The van der Waals surface area contributed by atoms with Crippen molar-refractivity contribution in [2.75, 3.05) is 93.5 Å². The van der Waals surface area contributed by atoms with Crippen molar-refractivity contribution in [3.05, 3.63) is 172 Å². The molecule has 6 aromatic carbocycles. The molecule has 0 amide bonds. The molecule has 2 heterocycles. The van der Waals surface area contributed by atoms with Gasteiger partial charge in [0, 0.05) is 59.9 Å². The number of ether oxygens (including phenoxy) is 9. The fourth-order valence-electron chi connectivity index (χ4n) is 20.4. The lowest BCUT2D eigenvalue weighted by Gasteiger charge is -2.51. The fraction of sp³-hybridized carbons (Fsp3) is 0.633. The molecule has 0 aromatic heterocycles. The lowest BCUT2D eigenvalue weighted by atomic mass is 9.54. The molecule has 0 radical (unpaired) electrons. The second-order valence-electron chi connectivity index (χ2n) is 35.7. The molecule has 0 spiro atoms. The minimum Gasteiger partial charge on any atom is -0.508 e. The highest BCUT2D eigenvalue weighted by Gasteiger charge is 2.87. The van der Waals surface area contributed by atoms with Crippen LogP contribution in [-0.4, -0.2) is 164 Å². The van der Waals surface area contributed by atoms with Crippen LogP contribution in [0.15, 0.2) is 133 Å². The summed E-state index contributed by atoms with van der Waals surface area (Å²) < 4.78 is 284. The van der Waals surface area contributed by atoms with Crippen LogP contribution in [0.25, 0.3) is 0 Å². The highest BCUT2D eigenvalue weighted by atomic mass is 79.9. The Morgan fingerprint density at radius 1 is 0.406 bits per heavy atom. The molecule has 6 aromatic rings. The maximum Gasteiger partial charge on any atom is 0.435 e. The van der Waals surface area contributed by atoms with Gasteiger partial charge in [0.05, 0.1) is 13.2 Å². The van der Waals surface area contributed by atoms with Gasteiger partial charge in [-0.3, -0.25) is 0 Å². The Morgan fingerprint density at radius 2 is 0.782 bits per heavy atom. The summed E-state index contributed by atoms with van der Waals surface area (Å²) in [5.74, 6) is 9.86. The lowest BCUT2D eigenvalue weighted by Crippen LogP contribution is -2.67. The standard InChI is InChI=1S/C35H41F9O3.C34H39F9O4.C11H21NO2S2.C9H11BrO.C7H8O.C2H4Br2/c1-22-6-10-25(11-7-22)45-19-20-46-26-12-14-27-23(21-26)8-13-29-28(27)16-17-31(2)24(9-15-30(29)31)5-3-4-18-47-32(33(36,37)38,34(39,40)41)35(42,43)44;1-30-16-15-27-26-13-11-25(46-19-18-45-24-9-7-23(44)8-10-24)20-21(26)5-12-28(27)29(30)14-6-22(30)4-2-3-17-47-31(32(35,36)37,33(38,39)40)34(41,42)43;1-2-6-13-11(3-1)14-7-5-12-10-4-8-15-16-9-10;1-8-2-4-9(5-3-8)11-7-6-10;1-6-2-4-7(8)5-3-6;3-1-2-4/h6-7,10-12,14,21,24,28-30H,3-5,8-9,13,15-20H2,1-2H3;7-11,13,20,22,27-29,44H,2-6,12,14-19H2,1H3;10-12H,1-9H2;2-5H,6-7H2,1H3;2-5,8H,1H3;1-2H2/t24-,28+,29+,30-,31+;22-,27+,28+,29-,30+;;;;/m00..../s1. The minimum atomic E-state index is -6.70. The zero-order valence-corrected chi connectivity index (χ0v) is 81.9. The maximum absolute atomic E-state index is 13.2. The van der Waals surface area contributed by atoms with Crippen molar-refractivity contribution < 1.29 is 132 Å². The van der Waals surface area contributed by atoms with Crippen LogP contribution >= 0.6 is 69.4 Å². The third-order valence-corrected chi connectivity index (χ3v) is 31.9. The molecule has 2 unspecified atom stereocenters. The molecule has 3 N–H and O–H groups in total. The van der Waals surface area contributed by atoms with Gasteiger partial charge in [-0.05, 0) is 315 Å². The highest BCUT2D eigenvalue weighted by molar-refractivity contribution is 9.12. The molecule has 6 aliphatic carbocycles. The third kappa shape index (κ3) is 30.3. The first-order valence-electron chi connectivity index (χ1n) is 45.6. The van der Waals surface area contributed by atoms with Crippen molar-refractivity contribution in [3.8, 4) is 40.2 Å². The number of fused-ring (bicyclic) bond motifs is 10. The van der Waals surface area contributed by atoms with Crippen molar-refractivity contribution in [1.82, 2.24) is 5.32 Å². The van der Waals surface area contributed by atoms with E-state index < -0.39 is 61.5 Å². The first-order valence-corrected chi connectivity index (χ1v) is 51.4. The van der Waals surface area contributed by atoms with E-state index in [0.717, 1.165) is 154 Å². The number of nitrogens with one attached hydrogen (secondary N) is 1. The van der Waals surface area contributed by atoms with Crippen LogP contribution in [0.2, 0.25) is 0 Å². The van der Waals surface area contributed by atoms with Crippen molar-refractivity contribution in [3.63, 3.8) is 0 Å². The lowest BCUT2D eigenvalue weighted by molar-refractivity contribution is -0.458. The number of rotatable bonds is 31. The molecule has 0 bridgehead atoms. The molecule has 12 nitrogen and oxygen atoms in total. The summed E-state index contributed by atoms with van der Waals surface area (Å²) in [6.45, 7) is 12.8. The van der Waals surface area contributed by atoms with E-state index in [1.807, 2.05) is 108 Å². The summed E-state index contributed by atoms with van der Waals surface area (Å²) in [7, 11) is 3.96. The number of halogens is 21. The van der Waals surface area contributed by atoms with Crippen LogP contribution < -0.4 is 29.0 Å². The van der Waals surface area contributed by atoms with E-state index in [1.165, 1.54) is 64.1 Å². The Balaban J connectivity index is 0.000000213. The molecule has 746 valence electrons. The van der Waals surface area contributed by atoms with E-state index in [-0.39, 0.29) is 60.4 Å². The number of alkyl halides is 21. The van der Waals surface area contributed by atoms with E-state index in [4.69, 9.17) is 38.3 Å².